The van der Waals surface area contributed by atoms with Crippen LogP contribution in [0.3, 0.4) is 0 Å². The Morgan fingerprint density at radius 2 is 1.92 bits per heavy atom. The van der Waals surface area contributed by atoms with Crippen LogP contribution in [0.2, 0.25) is 0 Å². The van der Waals surface area contributed by atoms with Crippen LogP contribution in [0, 0.1) is 0 Å². The van der Waals surface area contributed by atoms with Crippen molar-refractivity contribution in [1.82, 2.24) is 0 Å². The lowest BCUT2D eigenvalue weighted by Gasteiger charge is -2.18. The Bertz CT molecular complexity index is 857. The molecule has 0 atom stereocenters. The normalized spacial score (nSPS) is 12.3. The molecule has 0 radical (unpaired) electrons. The second-order valence-corrected chi connectivity index (χ2v) is 5.35. The topological polar surface area (TPSA) is 73.9 Å². The van der Waals surface area contributed by atoms with Gasteiger partial charge in [0.25, 0.3) is 5.91 Å². The summed E-state index contributed by atoms with van der Waals surface area (Å²) in [5.74, 6) is 0.508. The molecule has 6 heteroatoms. The summed E-state index contributed by atoms with van der Waals surface area (Å²) in [5.41, 5.74) is 1.88. The zero-order chi connectivity index (χ0) is 17.8. The predicted octanol–water partition coefficient (Wildman–Crippen LogP) is 2.90. The molecule has 1 aliphatic rings. The molecule has 6 nitrogen and oxygen atoms in total. The third kappa shape index (κ3) is 3.47. The molecule has 0 aromatic heterocycles. The minimum Gasteiger partial charge on any atom is -0.497 e. The Labute approximate surface area is 145 Å². The van der Waals surface area contributed by atoms with Crippen molar-refractivity contribution in [2.45, 2.75) is 0 Å². The van der Waals surface area contributed by atoms with E-state index in [2.05, 4.69) is 5.32 Å². The summed E-state index contributed by atoms with van der Waals surface area (Å²) in [6.45, 7) is 0.144. The lowest BCUT2D eigenvalue weighted by molar-refractivity contribution is -0.113. The van der Waals surface area contributed by atoms with E-state index in [1.54, 1.807) is 55.7 Å². The minimum absolute atomic E-state index is 0.144. The molecule has 3 rings (SSSR count). The van der Waals surface area contributed by atoms with E-state index in [9.17, 15) is 9.59 Å². The summed E-state index contributed by atoms with van der Waals surface area (Å²) in [6, 6.07) is 12.1. The Hall–Kier alpha value is -3.28. The summed E-state index contributed by atoms with van der Waals surface area (Å²) in [5, 5.41) is 2.74. The highest BCUT2D eigenvalue weighted by molar-refractivity contribution is 6.10. The molecule has 0 spiro atoms. The van der Waals surface area contributed by atoms with E-state index in [0.717, 1.165) is 5.56 Å². The van der Waals surface area contributed by atoms with Gasteiger partial charge in [0.05, 0.1) is 31.0 Å². The number of amides is 1. The molecule has 1 amide bonds. The smallest absolute Gasteiger partial charge is 0.339 e. The van der Waals surface area contributed by atoms with Crippen LogP contribution in [0.25, 0.3) is 6.08 Å². The van der Waals surface area contributed by atoms with Crippen LogP contribution in [0.5, 0.6) is 11.5 Å². The fourth-order valence-electron chi connectivity index (χ4n) is 2.50. The van der Waals surface area contributed by atoms with Crippen LogP contribution < -0.4 is 14.8 Å². The predicted molar refractivity (Wildman–Crippen MR) is 92.9 cm³/mol. The van der Waals surface area contributed by atoms with Crippen LogP contribution in [0.1, 0.15) is 15.9 Å². The number of rotatable bonds is 4. The minimum atomic E-state index is -0.514. The van der Waals surface area contributed by atoms with E-state index >= 15 is 0 Å². The molecule has 0 bridgehead atoms. The van der Waals surface area contributed by atoms with Gasteiger partial charge in [0, 0.05) is 5.56 Å². The first kappa shape index (κ1) is 16.6. The summed E-state index contributed by atoms with van der Waals surface area (Å²) in [4.78, 5) is 24.4. The van der Waals surface area contributed by atoms with E-state index in [4.69, 9.17) is 14.2 Å². The number of methoxy groups -OCH3 is 2. The number of fused-ring (bicyclic) bond motifs is 1. The van der Waals surface area contributed by atoms with Gasteiger partial charge in [-0.3, -0.25) is 4.79 Å². The molecular weight excluding hydrogens is 322 g/mol. The zero-order valence-electron chi connectivity index (χ0n) is 13.9. The third-order valence-electron chi connectivity index (χ3n) is 3.80. The molecular formula is C19H17NO5. The second-order valence-electron chi connectivity index (χ2n) is 5.35. The van der Waals surface area contributed by atoms with Crippen LogP contribution in [0.4, 0.5) is 5.69 Å². The van der Waals surface area contributed by atoms with Gasteiger partial charge >= 0.3 is 5.97 Å². The molecule has 1 heterocycles. The third-order valence-corrected chi connectivity index (χ3v) is 3.80. The fourth-order valence-corrected chi connectivity index (χ4v) is 2.50. The van der Waals surface area contributed by atoms with Gasteiger partial charge in [-0.25, -0.2) is 4.79 Å². The second kappa shape index (κ2) is 7.09. The van der Waals surface area contributed by atoms with Gasteiger partial charge in [-0.05, 0) is 36.4 Å². The highest BCUT2D eigenvalue weighted by Crippen LogP contribution is 2.30. The molecule has 0 fully saturated rings. The van der Waals surface area contributed by atoms with Gasteiger partial charge in [-0.15, -0.1) is 0 Å². The number of nitrogens with one attached hydrogen (secondary N) is 1. The van der Waals surface area contributed by atoms with Gasteiger partial charge in [0.15, 0.2) is 0 Å². The van der Waals surface area contributed by atoms with E-state index in [-0.39, 0.29) is 18.1 Å². The van der Waals surface area contributed by atoms with Crippen LogP contribution >= 0.6 is 0 Å². The largest absolute Gasteiger partial charge is 0.497 e. The van der Waals surface area contributed by atoms with E-state index in [0.29, 0.717) is 22.8 Å². The number of benzene rings is 2. The first-order valence-corrected chi connectivity index (χ1v) is 7.62. The van der Waals surface area contributed by atoms with Crippen molar-refractivity contribution in [3.63, 3.8) is 0 Å². The summed E-state index contributed by atoms with van der Waals surface area (Å²) in [6.07, 6.45) is 1.75. The molecule has 2 aromatic carbocycles. The lowest BCUT2D eigenvalue weighted by Crippen LogP contribution is -2.22. The number of carbonyl (C=O) groups is 2. The Kier molecular flexibility index (Phi) is 4.70. The maximum Gasteiger partial charge on any atom is 0.339 e. The van der Waals surface area contributed by atoms with Crippen molar-refractivity contribution < 1.29 is 23.8 Å². The van der Waals surface area contributed by atoms with Gasteiger partial charge in [0.1, 0.15) is 18.1 Å². The van der Waals surface area contributed by atoms with Crippen molar-refractivity contribution in [1.29, 1.82) is 0 Å². The number of esters is 1. The summed E-state index contributed by atoms with van der Waals surface area (Å²) < 4.78 is 15.5. The average molecular weight is 339 g/mol. The van der Waals surface area contributed by atoms with Gasteiger partial charge < -0.3 is 19.5 Å². The van der Waals surface area contributed by atoms with Crippen molar-refractivity contribution in [2.75, 3.05) is 26.1 Å². The fraction of sp³-hybridized carbons (Fsp3) is 0.158. The Morgan fingerprint density at radius 3 is 2.68 bits per heavy atom. The van der Waals surface area contributed by atoms with Crippen molar-refractivity contribution in [2.24, 2.45) is 0 Å². The number of carbonyl (C=O) groups excluding carboxylic acids is 2. The van der Waals surface area contributed by atoms with Crippen molar-refractivity contribution in [3.8, 4) is 11.5 Å². The molecule has 128 valence electrons. The van der Waals surface area contributed by atoms with E-state index in [1.807, 2.05) is 0 Å². The molecule has 2 aromatic rings. The van der Waals surface area contributed by atoms with Crippen LogP contribution in [-0.2, 0) is 9.53 Å². The average Bonchev–Trinajstić information content (AvgIpc) is 2.66. The number of hydrogen-bond acceptors (Lipinski definition) is 5. The maximum absolute atomic E-state index is 12.6. The number of ether oxygens (including phenoxy) is 3. The van der Waals surface area contributed by atoms with Crippen molar-refractivity contribution in [3.05, 3.63) is 59.2 Å². The van der Waals surface area contributed by atoms with Crippen molar-refractivity contribution >= 4 is 23.6 Å². The summed E-state index contributed by atoms with van der Waals surface area (Å²) >= 11 is 0. The lowest BCUT2D eigenvalue weighted by atomic mass is 10.1. The SMILES string of the molecule is COC(=O)c1ccccc1NC(=O)C1=Cc2cc(OC)ccc2OC1. The first-order valence-electron chi connectivity index (χ1n) is 7.62. The molecule has 1 N–H and O–H groups in total. The van der Waals surface area contributed by atoms with Crippen LogP contribution in [0.15, 0.2) is 48.0 Å². The molecule has 25 heavy (non-hydrogen) atoms. The van der Waals surface area contributed by atoms with Gasteiger partial charge in [0.2, 0.25) is 0 Å². The quantitative estimate of drug-likeness (QED) is 0.867. The summed E-state index contributed by atoms with van der Waals surface area (Å²) in [7, 11) is 2.87. The Morgan fingerprint density at radius 1 is 1.12 bits per heavy atom. The highest BCUT2D eigenvalue weighted by Gasteiger charge is 2.20. The van der Waals surface area contributed by atoms with Gasteiger partial charge in [-0.1, -0.05) is 12.1 Å². The molecule has 0 unspecified atom stereocenters. The number of para-hydroxylation sites is 1. The maximum atomic E-state index is 12.6. The molecule has 0 saturated heterocycles. The number of hydrogen-bond donors (Lipinski definition) is 1. The van der Waals surface area contributed by atoms with Crippen LogP contribution in [-0.4, -0.2) is 32.7 Å². The zero-order valence-corrected chi connectivity index (χ0v) is 13.9. The first-order chi connectivity index (χ1) is 12.1. The monoisotopic (exact) mass is 339 g/mol. The molecule has 1 aliphatic heterocycles. The molecule has 0 aliphatic carbocycles. The highest BCUT2D eigenvalue weighted by atomic mass is 16.5. The molecule has 0 saturated carbocycles. The standard InChI is InChI=1S/C19H17NO5/c1-23-14-7-8-17-12(10-14)9-13(11-25-17)18(21)20-16-6-4-3-5-15(16)19(22)24-2/h3-10H,11H2,1-2H3,(H,20,21). The van der Waals surface area contributed by atoms with E-state index < -0.39 is 5.97 Å². The Balaban J connectivity index is 1.85. The number of anilines is 1. The van der Waals surface area contributed by atoms with E-state index in [1.165, 1.54) is 7.11 Å². The van der Waals surface area contributed by atoms with Gasteiger partial charge in [-0.2, -0.15) is 0 Å².